The van der Waals surface area contributed by atoms with Crippen molar-refractivity contribution in [2.24, 2.45) is 0 Å². The number of hydrogen-bond acceptors (Lipinski definition) is 7. The van der Waals surface area contributed by atoms with Crippen molar-refractivity contribution in [3.8, 4) is 0 Å². The molecule has 0 fully saturated rings. The van der Waals surface area contributed by atoms with Crippen LogP contribution in [0.2, 0.25) is 0 Å². The zero-order valence-electron chi connectivity index (χ0n) is 11.9. The molecule has 0 aromatic heterocycles. The minimum absolute atomic E-state index is 0.0828. The average Bonchev–Trinajstić information content (AvgIpc) is 2.47. The Bertz CT molecular complexity index is 776. The van der Waals surface area contributed by atoms with Gasteiger partial charge in [-0.2, -0.15) is 0 Å². The van der Waals surface area contributed by atoms with Crippen LogP contribution >= 0.6 is 63.7 Å². The van der Waals surface area contributed by atoms with Gasteiger partial charge in [-0.05, 0) is 70.6 Å². The zero-order valence-corrected chi connectivity index (χ0v) is 19.1. The molecule has 0 atom stereocenters. The van der Waals surface area contributed by atoms with Gasteiger partial charge >= 0.3 is 11.9 Å². The Morgan fingerprint density at radius 3 is 1.71 bits per heavy atom. The van der Waals surface area contributed by atoms with Gasteiger partial charge in [-0.1, -0.05) is 0 Å². The van der Waals surface area contributed by atoms with Crippen molar-refractivity contribution >= 4 is 85.8 Å². The van der Waals surface area contributed by atoms with Crippen molar-refractivity contribution in [2.45, 2.75) is 6.92 Å². The first-order valence-electron chi connectivity index (χ1n) is 6.15. The third-order valence-electron chi connectivity index (χ3n) is 2.52. The van der Waals surface area contributed by atoms with E-state index < -0.39 is 34.4 Å². The predicted molar refractivity (Wildman–Crippen MR) is 98.0 cm³/mol. The first-order valence-corrected chi connectivity index (χ1v) is 10.9. The lowest BCUT2D eigenvalue weighted by molar-refractivity contribution is 0.0477. The number of rotatable bonds is 6. The molecule has 0 unspecified atom stereocenters. The fourth-order valence-electron chi connectivity index (χ4n) is 1.53. The van der Waals surface area contributed by atoms with Gasteiger partial charge in [0.15, 0.2) is 0 Å². The van der Waals surface area contributed by atoms with Crippen LogP contribution in [0.3, 0.4) is 0 Å². The molecule has 1 rings (SSSR count). The summed E-state index contributed by atoms with van der Waals surface area (Å²) in [6.45, 7) is 1.05. The van der Waals surface area contributed by atoms with Crippen LogP contribution in [0, 0.1) is 0 Å². The summed E-state index contributed by atoms with van der Waals surface area (Å²) in [5.41, 5.74) is -0.271. The van der Waals surface area contributed by atoms with E-state index in [0.29, 0.717) is 8.95 Å². The highest BCUT2D eigenvalue weighted by molar-refractivity contribution is 9.15. The maximum absolute atomic E-state index is 12.3. The van der Waals surface area contributed by atoms with Crippen molar-refractivity contribution in [2.75, 3.05) is 19.0 Å². The molecule has 1 aromatic rings. The molecule has 0 radical (unpaired) electrons. The highest BCUT2D eigenvalue weighted by Gasteiger charge is 2.29. The largest absolute Gasteiger partial charge is 0.748 e. The molecular formula is C12H9Br4O7S-. The Labute approximate surface area is 171 Å². The molecule has 7 nitrogen and oxygen atoms in total. The molecule has 0 N–H and O–H groups in total. The number of esters is 2. The number of benzene rings is 1. The second-order valence-electron chi connectivity index (χ2n) is 4.12. The Kier molecular flexibility index (Phi) is 8.34. The van der Waals surface area contributed by atoms with Crippen LogP contribution in [0.4, 0.5) is 0 Å². The van der Waals surface area contributed by atoms with E-state index in [9.17, 15) is 22.6 Å². The number of halogens is 4. The van der Waals surface area contributed by atoms with Crippen molar-refractivity contribution < 1.29 is 32.0 Å². The molecule has 0 saturated carbocycles. The summed E-state index contributed by atoms with van der Waals surface area (Å²) in [4.78, 5) is 24.5. The smallest absolute Gasteiger partial charge is 0.340 e. The maximum atomic E-state index is 12.3. The van der Waals surface area contributed by atoms with Crippen LogP contribution in [0.5, 0.6) is 0 Å². The minimum atomic E-state index is -4.53. The van der Waals surface area contributed by atoms with E-state index in [1.807, 2.05) is 0 Å². The van der Waals surface area contributed by atoms with Crippen LogP contribution in [0.25, 0.3) is 0 Å². The lowest BCUT2D eigenvalue weighted by atomic mass is 10.1. The third-order valence-corrected chi connectivity index (χ3v) is 7.95. The van der Waals surface area contributed by atoms with Crippen LogP contribution in [0.1, 0.15) is 27.6 Å². The summed E-state index contributed by atoms with van der Waals surface area (Å²) in [6, 6.07) is 0. The van der Waals surface area contributed by atoms with E-state index in [0.717, 1.165) is 0 Å². The molecule has 134 valence electrons. The van der Waals surface area contributed by atoms with Crippen molar-refractivity contribution in [3.05, 3.63) is 29.0 Å². The van der Waals surface area contributed by atoms with E-state index in [1.165, 1.54) is 0 Å². The summed E-state index contributed by atoms with van der Waals surface area (Å²) >= 11 is 12.9. The third kappa shape index (κ3) is 5.49. The molecule has 1 aromatic carbocycles. The summed E-state index contributed by atoms with van der Waals surface area (Å²) in [7, 11) is -4.53. The Morgan fingerprint density at radius 2 is 1.33 bits per heavy atom. The quantitative estimate of drug-likeness (QED) is 0.208. The first kappa shape index (κ1) is 22.0. The molecule has 0 bridgehead atoms. The number of carbonyl (C=O) groups excluding carboxylic acids is 2. The van der Waals surface area contributed by atoms with Crippen LogP contribution in [-0.4, -0.2) is 43.9 Å². The van der Waals surface area contributed by atoms with Crippen LogP contribution in [-0.2, 0) is 19.6 Å². The molecular weight excluding hydrogens is 608 g/mol. The van der Waals surface area contributed by atoms with Gasteiger partial charge in [0.05, 0.1) is 33.6 Å². The maximum Gasteiger partial charge on any atom is 0.340 e. The highest BCUT2D eigenvalue weighted by Crippen LogP contribution is 2.42. The van der Waals surface area contributed by atoms with Gasteiger partial charge in [-0.15, -0.1) is 0 Å². The van der Waals surface area contributed by atoms with E-state index in [1.54, 1.807) is 6.92 Å². The number of hydrogen-bond donors (Lipinski definition) is 0. The van der Waals surface area contributed by atoms with Crippen LogP contribution in [0.15, 0.2) is 17.9 Å². The zero-order chi connectivity index (χ0) is 18.7. The molecule has 0 aliphatic rings. The lowest BCUT2D eigenvalue weighted by Crippen LogP contribution is -2.19. The fourth-order valence-corrected chi connectivity index (χ4v) is 4.26. The van der Waals surface area contributed by atoms with Gasteiger partial charge in [0.25, 0.3) is 0 Å². The molecule has 0 heterocycles. The topological polar surface area (TPSA) is 110 Å². The van der Waals surface area contributed by atoms with Gasteiger partial charge in [0.1, 0.15) is 6.61 Å². The van der Waals surface area contributed by atoms with Crippen molar-refractivity contribution in [3.63, 3.8) is 0 Å². The summed E-state index contributed by atoms with van der Waals surface area (Å²) < 4.78 is 42.8. The number of ether oxygens (including phenoxy) is 2. The Hall–Kier alpha value is -0.0100. The molecule has 0 aliphatic heterocycles. The molecule has 0 amide bonds. The average molecular weight is 617 g/mol. The highest BCUT2D eigenvalue weighted by atomic mass is 79.9. The first-order chi connectivity index (χ1) is 11.0. The normalized spacial score (nSPS) is 11.2. The van der Waals surface area contributed by atoms with Crippen molar-refractivity contribution in [1.82, 2.24) is 0 Å². The lowest BCUT2D eigenvalue weighted by Gasteiger charge is -2.16. The van der Waals surface area contributed by atoms with Crippen LogP contribution < -0.4 is 0 Å². The Balaban J connectivity index is 3.34. The van der Waals surface area contributed by atoms with E-state index in [-0.39, 0.29) is 26.7 Å². The summed E-state index contributed by atoms with van der Waals surface area (Å²) in [5, 5.41) is 0. The standard InChI is InChI=1S/C12H10Br4O7S/c1-2-22-11(17)5-6(8(14)10(16)9(15)7(5)13)12(18)23-3-4-24(19,20)21/h2-4H2,1H3,(H,19,20,21)/p-1. The predicted octanol–water partition coefficient (Wildman–Crippen LogP) is 3.62. The number of carbonyl (C=O) groups is 2. The van der Waals surface area contributed by atoms with Gasteiger partial charge in [0, 0.05) is 17.9 Å². The summed E-state index contributed by atoms with van der Waals surface area (Å²) in [6.07, 6.45) is 0. The van der Waals surface area contributed by atoms with Gasteiger partial charge in [0.2, 0.25) is 0 Å². The van der Waals surface area contributed by atoms with E-state index >= 15 is 0 Å². The van der Waals surface area contributed by atoms with Gasteiger partial charge in [-0.25, -0.2) is 18.0 Å². The fraction of sp³-hybridized carbons (Fsp3) is 0.333. The summed E-state index contributed by atoms with van der Waals surface area (Å²) in [5.74, 6) is -2.63. The van der Waals surface area contributed by atoms with Gasteiger partial charge in [-0.3, -0.25) is 0 Å². The molecule has 12 heteroatoms. The molecule has 0 aliphatic carbocycles. The second-order valence-corrected chi connectivity index (χ2v) is 8.82. The van der Waals surface area contributed by atoms with E-state index in [2.05, 4.69) is 63.7 Å². The Morgan fingerprint density at radius 1 is 0.917 bits per heavy atom. The van der Waals surface area contributed by atoms with E-state index in [4.69, 9.17) is 9.47 Å². The molecule has 0 spiro atoms. The van der Waals surface area contributed by atoms with Crippen molar-refractivity contribution in [1.29, 1.82) is 0 Å². The SMILES string of the molecule is CCOC(=O)c1c(Br)c(Br)c(Br)c(Br)c1C(=O)OCCS(=O)(=O)[O-]. The monoisotopic (exact) mass is 613 g/mol. The molecule has 24 heavy (non-hydrogen) atoms. The van der Waals surface area contributed by atoms with Gasteiger partial charge < -0.3 is 14.0 Å². The molecule has 0 saturated heterocycles. The minimum Gasteiger partial charge on any atom is -0.748 e. The second kappa shape index (κ2) is 9.08.